The number of carbonyl (C=O) groups is 10. The number of nitriles is 1. The number of rotatable bonds is 35. The van der Waals surface area contributed by atoms with E-state index in [1.54, 1.807) is 56.9 Å². The average Bonchev–Trinajstić information content (AvgIpc) is 1.34. The monoisotopic (exact) mass is 1360 g/mol. The number of hydrogen-bond donors (Lipinski definition) is 4. The fourth-order valence-corrected chi connectivity index (χ4v) is 14.3. The zero-order valence-electron chi connectivity index (χ0n) is 55.4. The number of ether oxygens (including phenoxy) is 1. The maximum atomic E-state index is 14.2. The molecule has 7 rings (SSSR count). The SMILES string of the molecule is Cc1ccc(CCCC(=O)NCCCCC(CSC2CC(=O)N(CC(C)C(=O)N3CCC(CCCCOc4ccc5nccc(C(=O)CCC(=O)N6CC(F)(F)C[C@@H]6C#N)c5c4)CC3)C2=O)CC(=O)CN2CCN(CC(=O)O)CCN(CC(=O)O)CCN(CC(=O)O)CC2)cc1. The smallest absolute Gasteiger partial charge is 0.317 e. The molecule has 0 spiro atoms. The predicted octanol–water partition coefficient (Wildman–Crippen LogP) is 5.91. The molecule has 4 aliphatic heterocycles. The van der Waals surface area contributed by atoms with E-state index in [9.17, 15) is 77.3 Å². The Balaban J connectivity index is 0.865. The van der Waals surface area contributed by atoms with E-state index >= 15 is 0 Å². The van der Waals surface area contributed by atoms with Crippen molar-refractivity contribution < 1.29 is 76.8 Å². The summed E-state index contributed by atoms with van der Waals surface area (Å²) < 4.78 is 34.0. The van der Waals surface area contributed by atoms with E-state index in [-0.39, 0.29) is 152 Å². The molecule has 5 amide bonds. The van der Waals surface area contributed by atoms with Gasteiger partial charge in [0.1, 0.15) is 17.6 Å². The first kappa shape index (κ1) is 75.9. The highest BCUT2D eigenvalue weighted by molar-refractivity contribution is 8.00. The number of unbranched alkanes of at least 4 members (excludes halogenated alkanes) is 2. The predicted molar refractivity (Wildman–Crippen MR) is 354 cm³/mol. The lowest BCUT2D eigenvalue weighted by Gasteiger charge is -2.34. The van der Waals surface area contributed by atoms with Gasteiger partial charge >= 0.3 is 17.9 Å². The summed E-state index contributed by atoms with van der Waals surface area (Å²) in [4.78, 5) is 145. The van der Waals surface area contributed by atoms with Crippen LogP contribution in [-0.2, 0) is 49.6 Å². The fraction of sp³-hybridized carbons (Fsp3) is 0.623. The van der Waals surface area contributed by atoms with Crippen LogP contribution in [0.4, 0.5) is 8.78 Å². The van der Waals surface area contributed by atoms with Crippen molar-refractivity contribution in [1.29, 1.82) is 5.26 Å². The lowest BCUT2D eigenvalue weighted by atomic mass is 9.91. The second kappa shape index (κ2) is 37.9. The summed E-state index contributed by atoms with van der Waals surface area (Å²) in [5.74, 6) is -7.99. The quantitative estimate of drug-likeness (QED) is 0.0302. The van der Waals surface area contributed by atoms with Crippen LogP contribution < -0.4 is 10.1 Å². The van der Waals surface area contributed by atoms with Crippen molar-refractivity contribution in [3.8, 4) is 11.8 Å². The summed E-state index contributed by atoms with van der Waals surface area (Å²) >= 11 is 1.32. The molecule has 0 saturated carbocycles. The van der Waals surface area contributed by atoms with Gasteiger partial charge in [0.25, 0.3) is 5.92 Å². The van der Waals surface area contributed by atoms with E-state index in [0.29, 0.717) is 92.2 Å². The molecule has 4 aliphatic rings. The maximum Gasteiger partial charge on any atom is 0.317 e. The lowest BCUT2D eigenvalue weighted by Crippen LogP contribution is -2.49. The number of Topliss-reactive ketones (excluding diaryl/α,β-unsaturated/α-hetero) is 2. The van der Waals surface area contributed by atoms with E-state index in [2.05, 4.69) is 22.4 Å². The molecule has 4 saturated heterocycles. The van der Waals surface area contributed by atoms with Gasteiger partial charge in [0.2, 0.25) is 29.5 Å². The van der Waals surface area contributed by atoms with E-state index in [1.807, 2.05) is 24.0 Å². The van der Waals surface area contributed by atoms with Crippen LogP contribution in [0.2, 0.25) is 0 Å². The lowest BCUT2D eigenvalue weighted by molar-refractivity contribution is -0.143. The molecule has 4 atom stereocenters. The average molecular weight is 1360 g/mol. The van der Waals surface area contributed by atoms with Gasteiger partial charge in [0.15, 0.2) is 5.78 Å². The van der Waals surface area contributed by atoms with Crippen LogP contribution >= 0.6 is 11.8 Å². The number of aliphatic carboxylic acids is 3. The number of nitrogens with one attached hydrogen (secondary N) is 1. The molecule has 5 heterocycles. The number of piperidine rings is 1. The van der Waals surface area contributed by atoms with E-state index in [4.69, 9.17) is 4.74 Å². The number of hydrogen-bond acceptors (Lipinski definition) is 18. The van der Waals surface area contributed by atoms with Crippen molar-refractivity contribution in [1.82, 2.24) is 44.6 Å². The molecule has 4 fully saturated rings. The van der Waals surface area contributed by atoms with Crippen molar-refractivity contribution in [2.45, 2.75) is 134 Å². The van der Waals surface area contributed by atoms with Crippen molar-refractivity contribution in [2.75, 3.05) is 124 Å². The number of likely N-dealkylation sites (tertiary alicyclic amines) is 3. The molecule has 27 heteroatoms. The van der Waals surface area contributed by atoms with Crippen LogP contribution in [-0.4, -0.2) is 254 Å². The number of ketones is 2. The Kier molecular flexibility index (Phi) is 29.9. The number of benzene rings is 2. The van der Waals surface area contributed by atoms with Crippen molar-refractivity contribution >= 4 is 81.7 Å². The van der Waals surface area contributed by atoms with Crippen molar-refractivity contribution in [2.24, 2.45) is 17.8 Å². The Morgan fingerprint density at radius 2 is 1.40 bits per heavy atom. The number of carboxylic acids is 3. The first-order valence-corrected chi connectivity index (χ1v) is 34.7. The minimum Gasteiger partial charge on any atom is -0.494 e. The van der Waals surface area contributed by atoms with Crippen molar-refractivity contribution in [3.05, 3.63) is 71.4 Å². The van der Waals surface area contributed by atoms with Crippen LogP contribution in [0.5, 0.6) is 5.75 Å². The number of aromatic nitrogens is 1. The van der Waals surface area contributed by atoms with Crippen LogP contribution in [0, 0.1) is 36.0 Å². The second-order valence-electron chi connectivity index (χ2n) is 26.1. The summed E-state index contributed by atoms with van der Waals surface area (Å²) in [6, 6.07) is 15.5. The molecule has 24 nitrogen and oxygen atoms in total. The standard InChI is InChI=1S/C69H94F2N10O14S/c1-48-12-14-50(15-13-48)10-7-11-61(84)74-23-5-3-9-52(36-54(82)42-75-27-29-76(43-64(87)88)31-33-78(45-66(91)92)34-32-77(30-28-75)44-65(89)90)46-96-60-38-63(86)80(68(60)94)41-49(2)67(93)79-25-21-51(22-26-79)8-4-6-35-95-55-16-17-58-57(37-55)56(20-24-73-58)59(83)18-19-62(85)81-47-69(70,71)39-53(81)40-72/h12-17,20,24,37,49,51-53,60H,3-11,18-19,21-23,25-36,38-39,41-47H2,1-2H3,(H,74,84)(H,87,88)(H,89,90)(H,91,92)/t49?,52?,53-,60?/m1/s1. The number of nitrogens with zero attached hydrogens (tertiary/aromatic N) is 9. The van der Waals surface area contributed by atoms with Gasteiger partial charge in [0, 0.05) is 134 Å². The second-order valence-corrected chi connectivity index (χ2v) is 27.4. The number of carbonyl (C=O) groups excluding carboxylic acids is 7. The highest BCUT2D eigenvalue weighted by Gasteiger charge is 2.47. The van der Waals surface area contributed by atoms with Crippen molar-refractivity contribution in [3.63, 3.8) is 0 Å². The van der Waals surface area contributed by atoms with Gasteiger partial charge in [-0.05, 0) is 106 Å². The first-order valence-electron chi connectivity index (χ1n) is 33.7. The van der Waals surface area contributed by atoms with Crippen LogP contribution in [0.3, 0.4) is 0 Å². The molecular formula is C69H94F2N10O14S. The summed E-state index contributed by atoms with van der Waals surface area (Å²) in [5.41, 5.74) is 3.20. The molecule has 3 aromatic rings. The number of fused-ring (bicyclic) bond motifs is 1. The molecule has 524 valence electrons. The van der Waals surface area contributed by atoms with Crippen LogP contribution in [0.1, 0.15) is 125 Å². The fourth-order valence-electron chi connectivity index (χ4n) is 13.0. The first-order chi connectivity index (χ1) is 45.9. The van der Waals surface area contributed by atoms with Gasteiger partial charge < -0.3 is 35.2 Å². The Morgan fingerprint density at radius 3 is 2.01 bits per heavy atom. The molecule has 2 aromatic carbocycles. The molecule has 0 bridgehead atoms. The minimum absolute atomic E-state index is 0.0107. The Morgan fingerprint density at radius 1 is 0.771 bits per heavy atom. The largest absolute Gasteiger partial charge is 0.494 e. The van der Waals surface area contributed by atoms with E-state index in [0.717, 1.165) is 43.4 Å². The Labute approximate surface area is 564 Å². The third-order valence-electron chi connectivity index (χ3n) is 18.4. The number of pyridine rings is 1. The van der Waals surface area contributed by atoms with Crippen LogP contribution in [0.15, 0.2) is 54.7 Å². The third kappa shape index (κ3) is 24.9. The summed E-state index contributed by atoms with van der Waals surface area (Å²) in [7, 11) is 0. The Bertz CT molecular complexity index is 3190. The third-order valence-corrected chi connectivity index (χ3v) is 19.8. The van der Waals surface area contributed by atoms with Gasteiger partial charge in [-0.15, -0.1) is 11.8 Å². The number of aryl methyl sites for hydroxylation is 2. The topological polar surface area (TPSA) is 312 Å². The minimum atomic E-state index is -3.15. The van der Waals surface area contributed by atoms with E-state index < -0.39 is 59.9 Å². The number of imide groups is 1. The Hall–Kier alpha value is -7.51. The molecule has 0 aliphatic carbocycles. The number of halogens is 2. The van der Waals surface area contributed by atoms with Gasteiger partial charge in [-0.25, -0.2) is 8.78 Å². The highest BCUT2D eigenvalue weighted by Crippen LogP contribution is 2.34. The highest BCUT2D eigenvalue weighted by atomic mass is 32.2. The molecule has 3 unspecified atom stereocenters. The van der Waals surface area contributed by atoms with Gasteiger partial charge in [0.05, 0.1) is 62.1 Å². The van der Waals surface area contributed by atoms with Gasteiger partial charge in [-0.2, -0.15) is 5.26 Å². The van der Waals surface area contributed by atoms with Gasteiger partial charge in [-0.3, -0.25) is 77.4 Å². The summed E-state index contributed by atoms with van der Waals surface area (Å²) in [6.07, 6.45) is 8.18. The number of amides is 5. The maximum absolute atomic E-state index is 14.2. The number of alkyl halides is 2. The number of carboxylic acid groups (broad SMARTS) is 3. The van der Waals surface area contributed by atoms with Gasteiger partial charge in [-0.1, -0.05) is 49.6 Å². The molecule has 96 heavy (non-hydrogen) atoms. The molecule has 4 N–H and O–H groups in total. The molecule has 1 aromatic heterocycles. The zero-order valence-corrected chi connectivity index (χ0v) is 56.2. The molecule has 0 radical (unpaired) electrons. The molecular weight excluding hydrogens is 1260 g/mol. The summed E-state index contributed by atoms with van der Waals surface area (Å²) in [5, 5.41) is 41.1. The normalized spacial score (nSPS) is 19.5. The van der Waals surface area contributed by atoms with Crippen LogP contribution in [0.25, 0.3) is 10.9 Å². The zero-order chi connectivity index (χ0) is 69.3. The number of thioether (sulfide) groups is 1. The summed E-state index contributed by atoms with van der Waals surface area (Å²) in [6.45, 7) is 5.87. The van der Waals surface area contributed by atoms with E-state index in [1.165, 1.54) is 34.0 Å².